The van der Waals surface area contributed by atoms with Crippen LogP contribution in [0.15, 0.2) is 42.5 Å². The third-order valence-electron chi connectivity index (χ3n) is 5.31. The molecule has 0 aliphatic heterocycles. The standard InChI is InChI=1S/C22H19F3N6O/c23-22(24,25)9-8-18-27-20(31-29-18)13-4-7-17-16(11-13)19(30-28-17)12-2-1-3-14(10-12)21(32)26-15-5-6-15/h1-4,7,10-11,15H,5-6,8-9H2,(H,26,32)(H,28,30)(H,27,29,31). The predicted octanol–water partition coefficient (Wildman–Crippen LogP) is 4.40. The van der Waals surface area contributed by atoms with Gasteiger partial charge < -0.3 is 5.32 Å². The van der Waals surface area contributed by atoms with Crippen molar-refractivity contribution >= 4 is 16.8 Å². The topological polar surface area (TPSA) is 99.4 Å². The summed E-state index contributed by atoms with van der Waals surface area (Å²) in [6, 6.07) is 12.9. The molecule has 0 saturated heterocycles. The van der Waals surface area contributed by atoms with E-state index in [0.29, 0.717) is 22.6 Å². The molecule has 0 spiro atoms. The number of H-pyrrole nitrogens is 2. The minimum atomic E-state index is -4.25. The Morgan fingerprint density at radius 1 is 1.06 bits per heavy atom. The third-order valence-corrected chi connectivity index (χ3v) is 5.31. The van der Waals surface area contributed by atoms with Gasteiger partial charge >= 0.3 is 6.18 Å². The lowest BCUT2D eigenvalue weighted by Crippen LogP contribution is -2.25. The summed E-state index contributed by atoms with van der Waals surface area (Å²) >= 11 is 0. The Balaban J connectivity index is 1.43. The number of benzene rings is 2. The van der Waals surface area contributed by atoms with Crippen LogP contribution in [0.4, 0.5) is 13.2 Å². The van der Waals surface area contributed by atoms with Crippen LogP contribution in [-0.2, 0) is 6.42 Å². The minimum absolute atomic E-state index is 0.109. The second kappa shape index (κ2) is 7.77. The first-order valence-electron chi connectivity index (χ1n) is 10.2. The molecule has 1 saturated carbocycles. The minimum Gasteiger partial charge on any atom is -0.349 e. The molecule has 2 aromatic carbocycles. The van der Waals surface area contributed by atoms with Crippen LogP contribution in [0, 0.1) is 0 Å². The van der Waals surface area contributed by atoms with Crippen molar-refractivity contribution in [2.75, 3.05) is 0 Å². The van der Waals surface area contributed by atoms with Gasteiger partial charge in [-0.05, 0) is 43.2 Å². The summed E-state index contributed by atoms with van der Waals surface area (Å²) in [5.41, 5.74) is 3.43. The van der Waals surface area contributed by atoms with Crippen LogP contribution in [0.3, 0.4) is 0 Å². The molecule has 1 amide bonds. The number of hydrogen-bond acceptors (Lipinski definition) is 4. The van der Waals surface area contributed by atoms with E-state index in [1.165, 1.54) is 0 Å². The van der Waals surface area contributed by atoms with Crippen molar-refractivity contribution in [2.24, 2.45) is 0 Å². The van der Waals surface area contributed by atoms with E-state index in [-0.39, 0.29) is 24.2 Å². The van der Waals surface area contributed by atoms with Crippen molar-refractivity contribution in [2.45, 2.75) is 37.9 Å². The fraction of sp³-hybridized carbons (Fsp3) is 0.273. The molecule has 0 atom stereocenters. The second-order valence-corrected chi connectivity index (χ2v) is 7.88. The number of alkyl halides is 3. The Kier molecular flexibility index (Phi) is 4.91. The van der Waals surface area contributed by atoms with Crippen LogP contribution >= 0.6 is 0 Å². The number of carbonyl (C=O) groups excluding carboxylic acids is 1. The van der Waals surface area contributed by atoms with Gasteiger partial charge in [-0.15, -0.1) is 0 Å². The van der Waals surface area contributed by atoms with Gasteiger partial charge in [-0.2, -0.15) is 23.4 Å². The lowest BCUT2D eigenvalue weighted by atomic mass is 10.0. The van der Waals surface area contributed by atoms with E-state index in [0.717, 1.165) is 29.3 Å². The highest BCUT2D eigenvalue weighted by molar-refractivity contribution is 5.99. The van der Waals surface area contributed by atoms with E-state index in [1.54, 1.807) is 18.2 Å². The number of aryl methyl sites for hydroxylation is 1. The number of fused-ring (bicyclic) bond motifs is 1. The van der Waals surface area contributed by atoms with Gasteiger partial charge in [-0.3, -0.25) is 15.0 Å². The molecule has 2 aromatic heterocycles. The van der Waals surface area contributed by atoms with Crippen LogP contribution in [0.2, 0.25) is 0 Å². The maximum Gasteiger partial charge on any atom is 0.389 e. The molecule has 164 valence electrons. The molecule has 0 radical (unpaired) electrons. The number of aromatic nitrogens is 5. The van der Waals surface area contributed by atoms with Gasteiger partial charge in [0, 0.05) is 34.5 Å². The quantitative estimate of drug-likeness (QED) is 0.414. The Morgan fingerprint density at radius 3 is 2.69 bits per heavy atom. The largest absolute Gasteiger partial charge is 0.389 e. The summed E-state index contributed by atoms with van der Waals surface area (Å²) in [7, 11) is 0. The number of hydrogen-bond donors (Lipinski definition) is 3. The van der Waals surface area contributed by atoms with Gasteiger partial charge in [0.2, 0.25) is 0 Å². The summed E-state index contributed by atoms with van der Waals surface area (Å²) < 4.78 is 37.4. The maximum atomic E-state index is 12.5. The van der Waals surface area contributed by atoms with E-state index < -0.39 is 12.6 Å². The summed E-state index contributed by atoms with van der Waals surface area (Å²) in [5, 5.41) is 17.8. The van der Waals surface area contributed by atoms with Crippen LogP contribution in [0.25, 0.3) is 33.5 Å². The van der Waals surface area contributed by atoms with Crippen LogP contribution in [0.5, 0.6) is 0 Å². The summed E-state index contributed by atoms with van der Waals surface area (Å²) in [6.07, 6.45) is -3.45. The molecule has 3 N–H and O–H groups in total. The normalized spacial score (nSPS) is 14.1. The van der Waals surface area contributed by atoms with Crippen LogP contribution in [-0.4, -0.2) is 43.5 Å². The van der Waals surface area contributed by atoms with E-state index in [2.05, 4.69) is 30.7 Å². The van der Waals surface area contributed by atoms with E-state index in [1.807, 2.05) is 24.3 Å². The smallest absolute Gasteiger partial charge is 0.349 e. The van der Waals surface area contributed by atoms with Gasteiger partial charge in [0.15, 0.2) is 5.82 Å². The van der Waals surface area contributed by atoms with Gasteiger partial charge in [0.25, 0.3) is 5.91 Å². The lowest BCUT2D eigenvalue weighted by molar-refractivity contribution is -0.134. The molecule has 5 rings (SSSR count). The molecule has 32 heavy (non-hydrogen) atoms. The predicted molar refractivity (Wildman–Crippen MR) is 112 cm³/mol. The van der Waals surface area contributed by atoms with Crippen molar-refractivity contribution in [3.05, 3.63) is 53.9 Å². The van der Waals surface area contributed by atoms with Crippen LogP contribution in [0.1, 0.15) is 35.4 Å². The second-order valence-electron chi connectivity index (χ2n) is 7.88. The number of amides is 1. The summed E-state index contributed by atoms with van der Waals surface area (Å²) in [6.45, 7) is 0. The molecule has 0 unspecified atom stereocenters. The zero-order valence-electron chi connectivity index (χ0n) is 16.8. The van der Waals surface area contributed by atoms with Crippen molar-refractivity contribution in [1.82, 2.24) is 30.7 Å². The highest BCUT2D eigenvalue weighted by atomic mass is 19.4. The fourth-order valence-electron chi connectivity index (χ4n) is 3.47. The van der Waals surface area contributed by atoms with Crippen molar-refractivity contribution < 1.29 is 18.0 Å². The van der Waals surface area contributed by atoms with Gasteiger partial charge in [0.05, 0.1) is 17.6 Å². The summed E-state index contributed by atoms with van der Waals surface area (Å²) in [4.78, 5) is 16.6. The Morgan fingerprint density at radius 2 is 1.91 bits per heavy atom. The highest BCUT2D eigenvalue weighted by Gasteiger charge is 2.27. The molecular formula is C22H19F3N6O. The van der Waals surface area contributed by atoms with E-state index >= 15 is 0 Å². The van der Waals surface area contributed by atoms with E-state index in [4.69, 9.17) is 0 Å². The number of aromatic amines is 2. The summed E-state index contributed by atoms with van der Waals surface area (Å²) in [5.74, 6) is 0.384. The average molecular weight is 440 g/mol. The SMILES string of the molecule is O=C(NC1CC1)c1cccc(-c2n[nH]c3ccc(-c4n[nH]c(CCC(F)(F)F)n4)cc23)c1. The fourth-order valence-corrected chi connectivity index (χ4v) is 3.47. The van der Waals surface area contributed by atoms with Gasteiger partial charge in [-0.25, -0.2) is 4.98 Å². The first kappa shape index (κ1) is 20.2. The zero-order chi connectivity index (χ0) is 22.3. The third kappa shape index (κ3) is 4.34. The number of halogens is 3. The molecule has 0 bridgehead atoms. The number of rotatable bonds is 6. The molecule has 1 aliphatic rings. The van der Waals surface area contributed by atoms with Gasteiger partial charge in [-0.1, -0.05) is 12.1 Å². The Hall–Kier alpha value is -3.69. The van der Waals surface area contributed by atoms with Crippen molar-refractivity contribution in [1.29, 1.82) is 0 Å². The van der Waals surface area contributed by atoms with Crippen molar-refractivity contribution in [3.63, 3.8) is 0 Å². The first-order valence-corrected chi connectivity index (χ1v) is 10.2. The molecule has 7 nitrogen and oxygen atoms in total. The number of carbonyl (C=O) groups is 1. The lowest BCUT2D eigenvalue weighted by Gasteiger charge is -2.05. The van der Waals surface area contributed by atoms with E-state index in [9.17, 15) is 18.0 Å². The Bertz CT molecular complexity index is 1290. The average Bonchev–Trinajstić information content (AvgIpc) is 3.29. The molecule has 1 aliphatic carbocycles. The highest BCUT2D eigenvalue weighted by Crippen LogP contribution is 2.30. The monoisotopic (exact) mass is 440 g/mol. The first-order chi connectivity index (χ1) is 15.4. The molecule has 4 aromatic rings. The number of nitrogens with zero attached hydrogens (tertiary/aromatic N) is 3. The molecular weight excluding hydrogens is 421 g/mol. The zero-order valence-corrected chi connectivity index (χ0v) is 16.8. The molecule has 10 heteroatoms. The molecule has 2 heterocycles. The number of nitrogens with one attached hydrogen (secondary N) is 3. The maximum absolute atomic E-state index is 12.5. The molecule has 1 fully saturated rings. The van der Waals surface area contributed by atoms with Gasteiger partial charge in [0.1, 0.15) is 5.82 Å². The Labute approximate surface area is 180 Å². The van der Waals surface area contributed by atoms with Crippen LogP contribution < -0.4 is 5.32 Å². The van der Waals surface area contributed by atoms with Crippen molar-refractivity contribution in [3.8, 4) is 22.6 Å².